The molecule has 0 unspecified atom stereocenters. The van der Waals surface area contributed by atoms with Crippen molar-refractivity contribution in [3.63, 3.8) is 0 Å². The maximum atomic E-state index is 11.0. The molecule has 0 amide bonds. The smallest absolute Gasteiger partial charge is 0.275 e. The van der Waals surface area contributed by atoms with Crippen molar-refractivity contribution >= 4 is 17.3 Å². The fraction of sp³-hybridized carbons (Fsp3) is 0.250. The summed E-state index contributed by atoms with van der Waals surface area (Å²) in [5.74, 6) is 0. The van der Waals surface area contributed by atoms with Gasteiger partial charge in [-0.1, -0.05) is 35.9 Å². The number of nitrogens with zero attached hydrogens (tertiary/aromatic N) is 1. The van der Waals surface area contributed by atoms with Crippen molar-refractivity contribution < 1.29 is 4.92 Å². The summed E-state index contributed by atoms with van der Waals surface area (Å²) in [7, 11) is 0. The Kier molecular flexibility index (Phi) is 5.31. The van der Waals surface area contributed by atoms with Crippen molar-refractivity contribution in [1.82, 2.24) is 5.32 Å². The molecule has 110 valence electrons. The lowest BCUT2D eigenvalue weighted by Gasteiger charge is -2.08. The molecular weight excluding hydrogens is 288 g/mol. The van der Waals surface area contributed by atoms with Crippen LogP contribution in [0.5, 0.6) is 0 Å². The molecule has 0 bridgehead atoms. The van der Waals surface area contributed by atoms with E-state index in [9.17, 15) is 10.1 Å². The molecule has 2 aromatic carbocycles. The summed E-state index contributed by atoms with van der Waals surface area (Å²) in [4.78, 5) is 10.6. The minimum atomic E-state index is -0.399. The molecule has 0 aliphatic carbocycles. The first kappa shape index (κ1) is 15.5. The van der Waals surface area contributed by atoms with Gasteiger partial charge in [-0.25, -0.2) is 0 Å². The molecule has 2 rings (SSSR count). The van der Waals surface area contributed by atoms with Crippen LogP contribution in [0.2, 0.25) is 5.02 Å². The first-order valence-corrected chi connectivity index (χ1v) is 7.14. The number of rotatable bonds is 6. The van der Waals surface area contributed by atoms with Crippen LogP contribution in [0.3, 0.4) is 0 Å². The van der Waals surface area contributed by atoms with Crippen LogP contribution in [0.25, 0.3) is 0 Å². The third-order valence-electron chi connectivity index (χ3n) is 3.39. The fourth-order valence-electron chi connectivity index (χ4n) is 2.19. The Morgan fingerprint density at radius 3 is 2.67 bits per heavy atom. The maximum Gasteiger partial charge on any atom is 0.275 e. The molecule has 0 heterocycles. The van der Waals surface area contributed by atoms with Gasteiger partial charge in [-0.05, 0) is 43.1 Å². The number of nitrogens with one attached hydrogen (secondary N) is 1. The first-order valence-electron chi connectivity index (χ1n) is 6.76. The van der Waals surface area contributed by atoms with Gasteiger partial charge in [0.25, 0.3) is 5.69 Å². The summed E-state index contributed by atoms with van der Waals surface area (Å²) in [5, 5.41) is 14.6. The van der Waals surface area contributed by atoms with E-state index in [4.69, 9.17) is 11.6 Å². The maximum absolute atomic E-state index is 11.0. The number of nitro benzene ring substituents is 1. The SMILES string of the molecule is Cc1ccccc1CCNCc1ccc(Cl)cc1[N+](=O)[O-]. The zero-order valence-electron chi connectivity index (χ0n) is 11.8. The molecule has 0 atom stereocenters. The van der Waals surface area contributed by atoms with Crippen molar-refractivity contribution in [1.29, 1.82) is 0 Å². The molecule has 0 radical (unpaired) electrons. The number of halogens is 1. The summed E-state index contributed by atoms with van der Waals surface area (Å²) in [6, 6.07) is 13.0. The minimum Gasteiger partial charge on any atom is -0.312 e. The Morgan fingerprint density at radius 1 is 1.19 bits per heavy atom. The predicted octanol–water partition coefficient (Wildman–Crippen LogP) is 3.89. The standard InChI is InChI=1S/C16H17ClN2O2/c1-12-4-2-3-5-13(12)8-9-18-11-14-6-7-15(17)10-16(14)19(20)21/h2-7,10,18H,8-9,11H2,1H3. The number of nitro groups is 1. The molecular formula is C16H17ClN2O2. The molecule has 0 aliphatic heterocycles. The second-order valence-electron chi connectivity index (χ2n) is 4.88. The summed E-state index contributed by atoms with van der Waals surface area (Å²) >= 11 is 5.79. The average Bonchev–Trinajstić information content (AvgIpc) is 2.46. The molecule has 0 saturated carbocycles. The van der Waals surface area contributed by atoms with Gasteiger partial charge in [-0.3, -0.25) is 10.1 Å². The third-order valence-corrected chi connectivity index (χ3v) is 3.63. The number of aryl methyl sites for hydroxylation is 1. The molecule has 21 heavy (non-hydrogen) atoms. The highest BCUT2D eigenvalue weighted by atomic mass is 35.5. The predicted molar refractivity (Wildman–Crippen MR) is 84.7 cm³/mol. The van der Waals surface area contributed by atoms with E-state index in [1.807, 2.05) is 12.1 Å². The van der Waals surface area contributed by atoms with Crippen LogP contribution in [0.15, 0.2) is 42.5 Å². The van der Waals surface area contributed by atoms with Crippen LogP contribution in [0, 0.1) is 17.0 Å². The van der Waals surface area contributed by atoms with Gasteiger partial charge in [0.1, 0.15) is 0 Å². The normalized spacial score (nSPS) is 10.6. The molecule has 1 N–H and O–H groups in total. The molecule has 4 nitrogen and oxygen atoms in total. The van der Waals surface area contributed by atoms with Gasteiger partial charge in [0, 0.05) is 23.2 Å². The van der Waals surface area contributed by atoms with E-state index in [1.165, 1.54) is 17.2 Å². The van der Waals surface area contributed by atoms with Crippen molar-refractivity contribution in [2.45, 2.75) is 19.9 Å². The topological polar surface area (TPSA) is 55.2 Å². The van der Waals surface area contributed by atoms with Gasteiger partial charge in [-0.15, -0.1) is 0 Å². The van der Waals surface area contributed by atoms with E-state index >= 15 is 0 Å². The van der Waals surface area contributed by atoms with Crippen LogP contribution in [0.4, 0.5) is 5.69 Å². The van der Waals surface area contributed by atoms with E-state index in [0.29, 0.717) is 17.1 Å². The molecule has 5 heteroatoms. The molecule has 0 fully saturated rings. The number of benzene rings is 2. The Balaban J connectivity index is 1.92. The third kappa shape index (κ3) is 4.28. The second kappa shape index (κ2) is 7.20. The van der Waals surface area contributed by atoms with Crippen molar-refractivity contribution in [2.24, 2.45) is 0 Å². The highest BCUT2D eigenvalue weighted by Crippen LogP contribution is 2.23. The zero-order valence-corrected chi connectivity index (χ0v) is 12.6. The first-order chi connectivity index (χ1) is 10.1. The van der Waals surface area contributed by atoms with Gasteiger partial charge in [0.05, 0.1) is 4.92 Å². The van der Waals surface area contributed by atoms with E-state index in [-0.39, 0.29) is 5.69 Å². The lowest BCUT2D eigenvalue weighted by molar-refractivity contribution is -0.385. The van der Waals surface area contributed by atoms with E-state index in [2.05, 4.69) is 24.4 Å². The Hall–Kier alpha value is -1.91. The Labute approximate surface area is 128 Å². The molecule has 0 saturated heterocycles. The van der Waals surface area contributed by atoms with Gasteiger partial charge < -0.3 is 5.32 Å². The van der Waals surface area contributed by atoms with Gasteiger partial charge in [0.15, 0.2) is 0 Å². The summed E-state index contributed by atoms with van der Waals surface area (Å²) in [6.07, 6.45) is 0.897. The van der Waals surface area contributed by atoms with Crippen LogP contribution in [-0.4, -0.2) is 11.5 Å². The van der Waals surface area contributed by atoms with Crippen LogP contribution < -0.4 is 5.32 Å². The summed E-state index contributed by atoms with van der Waals surface area (Å²) in [6.45, 7) is 3.31. The van der Waals surface area contributed by atoms with Gasteiger partial charge in [-0.2, -0.15) is 0 Å². The molecule has 2 aromatic rings. The lowest BCUT2D eigenvalue weighted by Crippen LogP contribution is -2.17. The quantitative estimate of drug-likeness (QED) is 0.500. The van der Waals surface area contributed by atoms with Crippen molar-refractivity contribution in [3.05, 3.63) is 74.3 Å². The molecule has 0 aromatic heterocycles. The zero-order chi connectivity index (χ0) is 15.2. The van der Waals surface area contributed by atoms with Gasteiger partial charge >= 0.3 is 0 Å². The molecule has 0 aliphatic rings. The molecule has 0 spiro atoms. The lowest BCUT2D eigenvalue weighted by atomic mass is 10.1. The minimum absolute atomic E-state index is 0.0610. The largest absolute Gasteiger partial charge is 0.312 e. The van der Waals surface area contributed by atoms with E-state index in [1.54, 1.807) is 12.1 Å². The summed E-state index contributed by atoms with van der Waals surface area (Å²) < 4.78 is 0. The van der Waals surface area contributed by atoms with Crippen LogP contribution in [-0.2, 0) is 13.0 Å². The second-order valence-corrected chi connectivity index (χ2v) is 5.32. The number of hydrogen-bond donors (Lipinski definition) is 1. The van der Waals surface area contributed by atoms with Gasteiger partial charge in [0.2, 0.25) is 0 Å². The Bertz CT molecular complexity index is 644. The fourth-order valence-corrected chi connectivity index (χ4v) is 2.36. The highest BCUT2D eigenvalue weighted by molar-refractivity contribution is 6.30. The van der Waals surface area contributed by atoms with E-state index < -0.39 is 4.92 Å². The van der Waals surface area contributed by atoms with Crippen LogP contribution in [0.1, 0.15) is 16.7 Å². The van der Waals surface area contributed by atoms with Crippen LogP contribution >= 0.6 is 11.6 Å². The average molecular weight is 305 g/mol. The van der Waals surface area contributed by atoms with E-state index in [0.717, 1.165) is 13.0 Å². The highest BCUT2D eigenvalue weighted by Gasteiger charge is 2.13. The Morgan fingerprint density at radius 2 is 1.95 bits per heavy atom. The monoisotopic (exact) mass is 304 g/mol. The number of hydrogen-bond acceptors (Lipinski definition) is 3. The van der Waals surface area contributed by atoms with Crippen molar-refractivity contribution in [2.75, 3.05) is 6.54 Å². The van der Waals surface area contributed by atoms with Crippen molar-refractivity contribution in [3.8, 4) is 0 Å². The summed E-state index contributed by atoms with van der Waals surface area (Å²) in [5.41, 5.74) is 3.26.